The summed E-state index contributed by atoms with van der Waals surface area (Å²) in [6.45, 7) is 7.87. The third-order valence-corrected chi connectivity index (χ3v) is 1.20. The zero-order chi connectivity index (χ0) is 10.7. The predicted octanol–water partition coefficient (Wildman–Crippen LogP) is 3.40. The van der Waals surface area contributed by atoms with Gasteiger partial charge in [0.15, 0.2) is 0 Å². The molecule has 0 atom stereocenters. The highest BCUT2D eigenvalue weighted by atomic mass is 16.4. The Bertz CT molecular complexity index is 179. The highest BCUT2D eigenvalue weighted by Crippen LogP contribution is 2.04. The quantitative estimate of drug-likeness (QED) is 0.680. The molecule has 0 unspecified atom stereocenters. The number of hydrogen-bond acceptors (Lipinski definition) is 1. The van der Waals surface area contributed by atoms with Gasteiger partial charge < -0.3 is 5.11 Å². The molecule has 0 aliphatic rings. The maximum absolute atomic E-state index is 10.3. The maximum Gasteiger partial charge on any atom is 0.307 e. The molecule has 0 fully saturated rings. The third-order valence-electron chi connectivity index (χ3n) is 1.20. The summed E-state index contributed by atoms with van der Waals surface area (Å²) in [5.41, 5.74) is 0.877. The summed E-state index contributed by atoms with van der Waals surface area (Å²) >= 11 is 0. The first-order chi connectivity index (χ1) is 6.20. The Labute approximate surface area is 81.0 Å². The average molecular weight is 184 g/mol. The molecule has 0 aliphatic heterocycles. The lowest BCUT2D eigenvalue weighted by atomic mass is 10.1. The third kappa shape index (κ3) is 10.9. The fourth-order valence-corrected chi connectivity index (χ4v) is 0.850. The van der Waals surface area contributed by atoms with Crippen LogP contribution in [0.4, 0.5) is 0 Å². The fraction of sp³-hybridized carbons (Fsp3) is 0.545. The first-order valence-corrected chi connectivity index (χ1v) is 4.74. The lowest BCUT2D eigenvalue weighted by molar-refractivity contribution is -0.136. The van der Waals surface area contributed by atoms with Gasteiger partial charge in [0, 0.05) is 0 Å². The van der Waals surface area contributed by atoms with Gasteiger partial charge in [0.1, 0.15) is 0 Å². The van der Waals surface area contributed by atoms with Crippen molar-refractivity contribution >= 4 is 5.97 Å². The van der Waals surface area contributed by atoms with Crippen molar-refractivity contribution in [1.82, 2.24) is 0 Å². The Hall–Kier alpha value is -1.05. The molecular weight excluding hydrogens is 164 g/mol. The van der Waals surface area contributed by atoms with Gasteiger partial charge in [-0.3, -0.25) is 4.79 Å². The molecule has 0 aliphatic carbocycles. The zero-order valence-corrected chi connectivity index (χ0v) is 9.00. The van der Waals surface area contributed by atoms with Gasteiger partial charge >= 0.3 is 5.97 Å². The maximum atomic E-state index is 10.3. The smallest absolute Gasteiger partial charge is 0.307 e. The second-order valence-electron chi connectivity index (χ2n) is 2.26. The lowest BCUT2D eigenvalue weighted by Gasteiger charge is -1.95. The van der Waals surface area contributed by atoms with Crippen molar-refractivity contribution in [3.05, 3.63) is 23.8 Å². The SMILES string of the molecule is C/C=C\C(=C/CC)CC(=O)O.CC. The molecule has 76 valence electrons. The van der Waals surface area contributed by atoms with Gasteiger partial charge in [-0.2, -0.15) is 0 Å². The summed E-state index contributed by atoms with van der Waals surface area (Å²) in [4.78, 5) is 10.3. The van der Waals surface area contributed by atoms with Crippen molar-refractivity contribution in [2.24, 2.45) is 0 Å². The summed E-state index contributed by atoms with van der Waals surface area (Å²) in [6.07, 6.45) is 6.61. The lowest BCUT2D eigenvalue weighted by Crippen LogP contribution is -1.95. The summed E-state index contributed by atoms with van der Waals surface area (Å²) in [5, 5.41) is 8.46. The van der Waals surface area contributed by atoms with Crippen molar-refractivity contribution < 1.29 is 9.90 Å². The summed E-state index contributed by atoms with van der Waals surface area (Å²) < 4.78 is 0. The summed E-state index contributed by atoms with van der Waals surface area (Å²) in [5.74, 6) is -0.775. The molecule has 0 aromatic heterocycles. The van der Waals surface area contributed by atoms with E-state index in [9.17, 15) is 4.79 Å². The molecule has 2 nitrogen and oxygen atoms in total. The monoisotopic (exact) mass is 184 g/mol. The van der Waals surface area contributed by atoms with Crippen LogP contribution in [0.15, 0.2) is 23.8 Å². The minimum Gasteiger partial charge on any atom is -0.481 e. The van der Waals surface area contributed by atoms with E-state index in [-0.39, 0.29) is 6.42 Å². The van der Waals surface area contributed by atoms with Gasteiger partial charge in [-0.15, -0.1) is 0 Å². The number of carboxylic acid groups (broad SMARTS) is 1. The Morgan fingerprint density at radius 1 is 1.38 bits per heavy atom. The molecule has 0 radical (unpaired) electrons. The van der Waals surface area contributed by atoms with E-state index in [1.807, 2.05) is 45.9 Å². The molecule has 2 heteroatoms. The van der Waals surface area contributed by atoms with Crippen molar-refractivity contribution in [2.45, 2.75) is 40.5 Å². The molecule has 1 N–H and O–H groups in total. The first-order valence-electron chi connectivity index (χ1n) is 4.74. The normalized spacial score (nSPS) is 10.9. The first kappa shape index (κ1) is 14.5. The van der Waals surface area contributed by atoms with E-state index in [4.69, 9.17) is 5.11 Å². The second-order valence-corrected chi connectivity index (χ2v) is 2.26. The van der Waals surface area contributed by atoms with E-state index in [0.717, 1.165) is 12.0 Å². The van der Waals surface area contributed by atoms with E-state index in [1.165, 1.54) is 0 Å². The minimum atomic E-state index is -0.775. The van der Waals surface area contributed by atoms with E-state index in [1.54, 1.807) is 0 Å². The number of aliphatic carboxylic acids is 1. The van der Waals surface area contributed by atoms with E-state index >= 15 is 0 Å². The van der Waals surface area contributed by atoms with Crippen molar-refractivity contribution in [2.75, 3.05) is 0 Å². The number of allylic oxidation sites excluding steroid dienone is 3. The topological polar surface area (TPSA) is 37.3 Å². The van der Waals surface area contributed by atoms with E-state index in [0.29, 0.717) is 0 Å². The van der Waals surface area contributed by atoms with Gasteiger partial charge in [-0.1, -0.05) is 39.0 Å². The molecule has 0 amide bonds. The van der Waals surface area contributed by atoms with Crippen LogP contribution in [0.5, 0.6) is 0 Å². The molecule has 0 bridgehead atoms. The Balaban J connectivity index is 0. The van der Waals surface area contributed by atoms with Crippen LogP contribution in [-0.4, -0.2) is 11.1 Å². The molecule has 0 heterocycles. The van der Waals surface area contributed by atoms with E-state index in [2.05, 4.69) is 0 Å². The van der Waals surface area contributed by atoms with Gasteiger partial charge in [-0.25, -0.2) is 0 Å². The highest BCUT2D eigenvalue weighted by Gasteiger charge is 1.98. The fourth-order valence-electron chi connectivity index (χ4n) is 0.850. The van der Waals surface area contributed by atoms with Gasteiger partial charge in [0.05, 0.1) is 6.42 Å². The number of carboxylic acids is 1. The number of hydrogen-bond donors (Lipinski definition) is 1. The van der Waals surface area contributed by atoms with Crippen molar-refractivity contribution in [3.63, 3.8) is 0 Å². The largest absolute Gasteiger partial charge is 0.481 e. The van der Waals surface area contributed by atoms with Crippen LogP contribution in [0.3, 0.4) is 0 Å². The van der Waals surface area contributed by atoms with Crippen LogP contribution in [0.25, 0.3) is 0 Å². The van der Waals surface area contributed by atoms with Gasteiger partial charge in [-0.05, 0) is 18.9 Å². The number of carbonyl (C=O) groups is 1. The Morgan fingerprint density at radius 2 is 1.92 bits per heavy atom. The minimum absolute atomic E-state index is 0.123. The molecule has 0 aromatic rings. The van der Waals surface area contributed by atoms with E-state index < -0.39 is 5.97 Å². The van der Waals surface area contributed by atoms with Gasteiger partial charge in [0.2, 0.25) is 0 Å². The molecule has 0 saturated heterocycles. The van der Waals surface area contributed by atoms with Crippen LogP contribution < -0.4 is 0 Å². The average Bonchev–Trinajstić information content (AvgIpc) is 2.08. The molecule has 0 rings (SSSR count). The van der Waals surface area contributed by atoms with Crippen molar-refractivity contribution in [1.29, 1.82) is 0 Å². The van der Waals surface area contributed by atoms with Crippen molar-refractivity contribution in [3.8, 4) is 0 Å². The molecule has 13 heavy (non-hydrogen) atoms. The predicted molar refractivity (Wildman–Crippen MR) is 56.8 cm³/mol. The standard InChI is InChI=1S/C9H14O2.C2H6/c1-3-5-8(6-4-2)7-9(10)11;1-2/h3,5-6H,4,7H2,1-2H3,(H,10,11);1-2H3/b5-3-,8-6+;. The summed E-state index contributed by atoms with van der Waals surface area (Å²) in [7, 11) is 0. The second kappa shape index (κ2) is 11.0. The molecule has 0 saturated carbocycles. The zero-order valence-electron chi connectivity index (χ0n) is 9.00. The van der Waals surface area contributed by atoms with Crippen LogP contribution in [0.2, 0.25) is 0 Å². The van der Waals surface area contributed by atoms with Crippen LogP contribution in [0.1, 0.15) is 40.5 Å². The highest BCUT2D eigenvalue weighted by molar-refractivity contribution is 5.70. The Morgan fingerprint density at radius 3 is 2.23 bits per heavy atom. The molecule has 0 spiro atoms. The molecule has 0 aromatic carbocycles. The number of rotatable bonds is 4. The van der Waals surface area contributed by atoms with Gasteiger partial charge in [0.25, 0.3) is 0 Å². The Kier molecular flexibility index (Phi) is 12.2. The summed E-state index contributed by atoms with van der Waals surface area (Å²) in [6, 6.07) is 0. The van der Waals surface area contributed by atoms with Crippen LogP contribution in [-0.2, 0) is 4.79 Å². The van der Waals surface area contributed by atoms with Crippen LogP contribution in [0, 0.1) is 0 Å². The molecular formula is C11H20O2. The van der Waals surface area contributed by atoms with Crippen LogP contribution >= 0.6 is 0 Å².